The van der Waals surface area contributed by atoms with E-state index in [0.29, 0.717) is 38.3 Å². The zero-order chi connectivity index (χ0) is 14.1. The Morgan fingerprint density at radius 2 is 2.26 bits per heavy atom. The van der Waals surface area contributed by atoms with Crippen LogP contribution in [0.25, 0.3) is 0 Å². The standard InChI is InChI=1S/C13H20FN3O2/c1-19-9-8-17(7-3-6-15)13(18)16-12-5-2-4-11(14)10-12/h2,4-5,10H,3,6-9,15H2,1H3,(H,16,18). The smallest absolute Gasteiger partial charge is 0.321 e. The first-order valence-electron chi connectivity index (χ1n) is 6.18. The molecule has 6 heteroatoms. The maximum atomic E-state index is 13.0. The molecule has 0 aliphatic heterocycles. The number of methoxy groups -OCH3 is 1. The molecule has 1 rings (SSSR count). The fraction of sp³-hybridized carbons (Fsp3) is 0.462. The zero-order valence-corrected chi connectivity index (χ0v) is 11.1. The first kappa shape index (κ1) is 15.4. The van der Waals surface area contributed by atoms with E-state index in [1.54, 1.807) is 24.1 Å². The lowest BCUT2D eigenvalue weighted by Gasteiger charge is -2.22. The Hall–Kier alpha value is -1.66. The van der Waals surface area contributed by atoms with Gasteiger partial charge in [0.1, 0.15) is 5.82 Å². The van der Waals surface area contributed by atoms with Crippen LogP contribution in [-0.4, -0.2) is 44.3 Å². The van der Waals surface area contributed by atoms with Crippen molar-refractivity contribution in [3.8, 4) is 0 Å². The van der Waals surface area contributed by atoms with Crippen molar-refractivity contribution in [2.75, 3.05) is 38.7 Å². The SMILES string of the molecule is COCCN(CCCN)C(=O)Nc1cccc(F)c1. The number of hydrogen-bond acceptors (Lipinski definition) is 3. The number of nitrogens with two attached hydrogens (primary N) is 1. The third kappa shape index (κ3) is 5.67. The minimum absolute atomic E-state index is 0.281. The Labute approximate surface area is 112 Å². The van der Waals surface area contributed by atoms with Gasteiger partial charge in [-0.25, -0.2) is 9.18 Å². The second kappa shape index (κ2) is 8.44. The molecule has 0 spiro atoms. The van der Waals surface area contributed by atoms with Gasteiger partial charge in [0, 0.05) is 25.9 Å². The number of nitrogens with one attached hydrogen (secondary N) is 1. The van der Waals surface area contributed by atoms with Gasteiger partial charge < -0.3 is 20.7 Å². The van der Waals surface area contributed by atoms with Gasteiger partial charge in [0.15, 0.2) is 0 Å². The van der Waals surface area contributed by atoms with Crippen LogP contribution < -0.4 is 11.1 Å². The normalized spacial score (nSPS) is 10.3. The molecule has 5 nitrogen and oxygen atoms in total. The zero-order valence-electron chi connectivity index (χ0n) is 11.1. The first-order valence-corrected chi connectivity index (χ1v) is 6.18. The van der Waals surface area contributed by atoms with Crippen molar-refractivity contribution in [1.82, 2.24) is 4.90 Å². The molecule has 0 atom stereocenters. The highest BCUT2D eigenvalue weighted by atomic mass is 19.1. The summed E-state index contributed by atoms with van der Waals surface area (Å²) in [6, 6.07) is 5.50. The van der Waals surface area contributed by atoms with Crippen LogP contribution >= 0.6 is 0 Å². The molecule has 2 amide bonds. The number of carbonyl (C=O) groups is 1. The summed E-state index contributed by atoms with van der Waals surface area (Å²) in [5, 5.41) is 2.65. The molecule has 0 fully saturated rings. The van der Waals surface area contributed by atoms with E-state index in [4.69, 9.17) is 10.5 Å². The molecule has 0 bridgehead atoms. The van der Waals surface area contributed by atoms with E-state index in [0.717, 1.165) is 0 Å². The summed E-state index contributed by atoms with van der Waals surface area (Å²) in [6.45, 7) is 1.97. The lowest BCUT2D eigenvalue weighted by Crippen LogP contribution is -2.38. The van der Waals surface area contributed by atoms with E-state index in [9.17, 15) is 9.18 Å². The van der Waals surface area contributed by atoms with Gasteiger partial charge in [-0.05, 0) is 31.2 Å². The van der Waals surface area contributed by atoms with Crippen LogP contribution in [-0.2, 0) is 4.74 Å². The Balaban J connectivity index is 2.59. The van der Waals surface area contributed by atoms with Crippen molar-refractivity contribution in [1.29, 1.82) is 0 Å². The van der Waals surface area contributed by atoms with Gasteiger partial charge in [0.05, 0.1) is 6.61 Å². The van der Waals surface area contributed by atoms with Crippen molar-refractivity contribution in [3.63, 3.8) is 0 Å². The Kier molecular flexibility index (Phi) is 6.84. The predicted molar refractivity (Wildman–Crippen MR) is 72.5 cm³/mol. The molecule has 106 valence electrons. The van der Waals surface area contributed by atoms with Crippen LogP contribution in [0.1, 0.15) is 6.42 Å². The van der Waals surface area contributed by atoms with Crippen LogP contribution in [0.2, 0.25) is 0 Å². The molecule has 0 heterocycles. The number of nitrogens with zero attached hydrogens (tertiary/aromatic N) is 1. The lowest BCUT2D eigenvalue weighted by atomic mass is 10.3. The van der Waals surface area contributed by atoms with Crippen molar-refractivity contribution >= 4 is 11.7 Å². The molecule has 1 aromatic carbocycles. The molecular weight excluding hydrogens is 249 g/mol. The molecule has 0 radical (unpaired) electrons. The molecule has 0 aliphatic carbocycles. The van der Waals surface area contributed by atoms with Crippen molar-refractivity contribution < 1.29 is 13.9 Å². The molecular formula is C13H20FN3O2. The third-order valence-corrected chi connectivity index (χ3v) is 2.56. The molecule has 0 aliphatic rings. The summed E-state index contributed by atoms with van der Waals surface area (Å²) >= 11 is 0. The third-order valence-electron chi connectivity index (χ3n) is 2.56. The van der Waals surface area contributed by atoms with E-state index in [1.165, 1.54) is 12.1 Å². The minimum Gasteiger partial charge on any atom is -0.383 e. The fourth-order valence-corrected chi connectivity index (χ4v) is 1.57. The number of rotatable bonds is 7. The number of hydrogen-bond donors (Lipinski definition) is 2. The molecule has 0 saturated carbocycles. The van der Waals surface area contributed by atoms with Crippen molar-refractivity contribution in [2.45, 2.75) is 6.42 Å². The van der Waals surface area contributed by atoms with E-state index in [2.05, 4.69) is 5.32 Å². The average molecular weight is 269 g/mol. The summed E-state index contributed by atoms with van der Waals surface area (Å²) in [5.41, 5.74) is 5.87. The molecule has 19 heavy (non-hydrogen) atoms. The Bertz CT molecular complexity index is 393. The second-order valence-corrected chi connectivity index (χ2v) is 4.06. The van der Waals surface area contributed by atoms with E-state index in [1.807, 2.05) is 0 Å². The van der Waals surface area contributed by atoms with Gasteiger partial charge in [-0.2, -0.15) is 0 Å². The Morgan fingerprint density at radius 3 is 2.89 bits per heavy atom. The van der Waals surface area contributed by atoms with Gasteiger partial charge in [-0.15, -0.1) is 0 Å². The number of urea groups is 1. The highest BCUT2D eigenvalue weighted by Gasteiger charge is 2.12. The number of ether oxygens (including phenoxy) is 1. The van der Waals surface area contributed by atoms with Crippen LogP contribution in [0.4, 0.5) is 14.9 Å². The van der Waals surface area contributed by atoms with Crippen LogP contribution in [0, 0.1) is 5.82 Å². The number of carbonyl (C=O) groups excluding carboxylic acids is 1. The minimum atomic E-state index is -0.386. The first-order chi connectivity index (χ1) is 9.17. The summed E-state index contributed by atoms with van der Waals surface area (Å²) in [4.78, 5) is 13.6. The van der Waals surface area contributed by atoms with Crippen molar-refractivity contribution in [3.05, 3.63) is 30.1 Å². The number of halogens is 1. The fourth-order valence-electron chi connectivity index (χ4n) is 1.57. The van der Waals surface area contributed by atoms with Gasteiger partial charge in [-0.1, -0.05) is 6.07 Å². The topological polar surface area (TPSA) is 67.6 Å². The summed E-state index contributed by atoms with van der Waals surface area (Å²) in [5.74, 6) is -0.386. The van der Waals surface area contributed by atoms with Gasteiger partial charge in [0.25, 0.3) is 0 Å². The highest BCUT2D eigenvalue weighted by Crippen LogP contribution is 2.10. The molecule has 1 aromatic rings. The maximum Gasteiger partial charge on any atom is 0.321 e. The summed E-state index contributed by atoms with van der Waals surface area (Å²) < 4.78 is 18.0. The number of anilines is 1. The summed E-state index contributed by atoms with van der Waals surface area (Å²) in [7, 11) is 1.57. The van der Waals surface area contributed by atoms with E-state index in [-0.39, 0.29) is 11.8 Å². The molecule has 3 N–H and O–H groups in total. The number of amides is 2. The monoisotopic (exact) mass is 269 g/mol. The van der Waals surface area contributed by atoms with E-state index < -0.39 is 0 Å². The average Bonchev–Trinajstić information content (AvgIpc) is 2.38. The van der Waals surface area contributed by atoms with Gasteiger partial charge >= 0.3 is 6.03 Å². The molecule has 0 unspecified atom stereocenters. The van der Waals surface area contributed by atoms with Crippen LogP contribution in [0.5, 0.6) is 0 Å². The number of benzene rings is 1. The van der Waals surface area contributed by atoms with Crippen LogP contribution in [0.15, 0.2) is 24.3 Å². The van der Waals surface area contributed by atoms with Gasteiger partial charge in [-0.3, -0.25) is 0 Å². The molecule has 0 saturated heterocycles. The van der Waals surface area contributed by atoms with Crippen molar-refractivity contribution in [2.24, 2.45) is 5.73 Å². The van der Waals surface area contributed by atoms with E-state index >= 15 is 0 Å². The highest BCUT2D eigenvalue weighted by molar-refractivity contribution is 5.89. The largest absolute Gasteiger partial charge is 0.383 e. The molecule has 0 aromatic heterocycles. The van der Waals surface area contributed by atoms with Gasteiger partial charge in [0.2, 0.25) is 0 Å². The van der Waals surface area contributed by atoms with Crippen LogP contribution in [0.3, 0.4) is 0 Å². The predicted octanol–water partition coefficient (Wildman–Crippen LogP) is 1.65. The lowest BCUT2D eigenvalue weighted by molar-refractivity contribution is 0.155. The second-order valence-electron chi connectivity index (χ2n) is 4.06. The Morgan fingerprint density at radius 1 is 1.47 bits per heavy atom. The maximum absolute atomic E-state index is 13.0. The summed E-state index contributed by atoms with van der Waals surface area (Å²) in [6.07, 6.45) is 0.709. The quantitative estimate of drug-likeness (QED) is 0.791.